The van der Waals surface area contributed by atoms with Gasteiger partial charge in [0, 0.05) is 51.3 Å². The third kappa shape index (κ3) is 7.40. The lowest BCUT2D eigenvalue weighted by Gasteiger charge is -2.33. The van der Waals surface area contributed by atoms with E-state index in [2.05, 4.69) is 78.7 Å². The molecule has 2 unspecified atom stereocenters. The molecule has 1 aliphatic heterocycles. The molecule has 6 heteroatoms. The van der Waals surface area contributed by atoms with E-state index in [0.717, 1.165) is 38.7 Å². The Morgan fingerprint density at radius 1 is 1.35 bits per heavy atom. The van der Waals surface area contributed by atoms with Gasteiger partial charge in [-0.25, -0.2) is 0 Å². The van der Waals surface area contributed by atoms with Crippen LogP contribution in [0.1, 0.15) is 38.8 Å². The monoisotopic (exact) mass is 474 g/mol. The Bertz CT molecular complexity index is 544. The number of ether oxygens (including phenoxy) is 1. The van der Waals surface area contributed by atoms with Crippen molar-refractivity contribution in [3.63, 3.8) is 0 Å². The second kappa shape index (κ2) is 11.1. The average Bonchev–Trinajstić information content (AvgIpc) is 3.08. The largest absolute Gasteiger partial charge is 0.381 e. The zero-order chi connectivity index (χ0) is 18.3. The fourth-order valence-corrected chi connectivity index (χ4v) is 3.35. The summed E-state index contributed by atoms with van der Waals surface area (Å²) in [6.45, 7) is 10.2. The maximum Gasteiger partial charge on any atom is 0.193 e. The molecule has 0 spiro atoms. The predicted molar refractivity (Wildman–Crippen MR) is 120 cm³/mol. The van der Waals surface area contributed by atoms with Gasteiger partial charge in [-0.3, -0.25) is 4.99 Å². The van der Waals surface area contributed by atoms with Crippen LogP contribution in [0.5, 0.6) is 0 Å². The molecule has 0 amide bonds. The van der Waals surface area contributed by atoms with E-state index >= 15 is 0 Å². The van der Waals surface area contributed by atoms with Crippen molar-refractivity contribution in [3.05, 3.63) is 35.9 Å². The molecule has 5 nitrogen and oxygen atoms in total. The standard InChI is InChI=1S/C20H34N4O.HI/c1-16(18-9-7-6-8-10-18)23-20(2,3)15-22-19(21-4)24(5)13-17-11-12-25-14-17;/h6-10,16-17,23H,11-15H2,1-5H3,(H,21,22);1H. The van der Waals surface area contributed by atoms with E-state index in [1.165, 1.54) is 5.56 Å². The molecule has 2 atom stereocenters. The summed E-state index contributed by atoms with van der Waals surface area (Å²) in [4.78, 5) is 6.64. The lowest BCUT2D eigenvalue weighted by atomic mass is 10.0. The van der Waals surface area contributed by atoms with Gasteiger partial charge in [-0.2, -0.15) is 0 Å². The second-order valence-electron chi connectivity index (χ2n) is 7.67. The highest BCUT2D eigenvalue weighted by molar-refractivity contribution is 14.0. The van der Waals surface area contributed by atoms with Crippen LogP contribution >= 0.6 is 24.0 Å². The van der Waals surface area contributed by atoms with Crippen molar-refractivity contribution in [2.75, 3.05) is 40.4 Å². The minimum atomic E-state index is -0.0531. The van der Waals surface area contributed by atoms with Gasteiger partial charge >= 0.3 is 0 Å². The topological polar surface area (TPSA) is 48.9 Å². The van der Waals surface area contributed by atoms with E-state index in [1.54, 1.807) is 0 Å². The molecule has 0 radical (unpaired) electrons. The third-order valence-electron chi connectivity index (χ3n) is 4.72. The van der Waals surface area contributed by atoms with Crippen LogP contribution in [-0.4, -0.2) is 56.8 Å². The fourth-order valence-electron chi connectivity index (χ4n) is 3.35. The molecule has 1 saturated heterocycles. The average molecular weight is 474 g/mol. The Hall–Kier alpha value is -0.860. The summed E-state index contributed by atoms with van der Waals surface area (Å²) in [5.41, 5.74) is 1.25. The molecule has 0 bridgehead atoms. The first-order valence-corrected chi connectivity index (χ1v) is 9.23. The molecular formula is C20H35IN4O. The summed E-state index contributed by atoms with van der Waals surface area (Å²) >= 11 is 0. The zero-order valence-electron chi connectivity index (χ0n) is 16.8. The molecule has 26 heavy (non-hydrogen) atoms. The molecule has 0 aromatic heterocycles. The molecule has 1 aromatic carbocycles. The second-order valence-corrected chi connectivity index (χ2v) is 7.67. The van der Waals surface area contributed by atoms with Gasteiger partial charge in [0.05, 0.1) is 6.61 Å². The fraction of sp³-hybridized carbons (Fsp3) is 0.650. The lowest BCUT2D eigenvalue weighted by Crippen LogP contribution is -2.52. The van der Waals surface area contributed by atoms with Gasteiger partial charge in [0.25, 0.3) is 0 Å². The van der Waals surface area contributed by atoms with E-state index in [0.29, 0.717) is 12.0 Å². The van der Waals surface area contributed by atoms with Crippen LogP contribution in [0.4, 0.5) is 0 Å². The van der Waals surface area contributed by atoms with E-state index < -0.39 is 0 Å². The van der Waals surface area contributed by atoms with Crippen LogP contribution in [0.2, 0.25) is 0 Å². The number of halogens is 1. The summed E-state index contributed by atoms with van der Waals surface area (Å²) in [7, 11) is 3.94. The predicted octanol–water partition coefficient (Wildman–Crippen LogP) is 3.28. The number of nitrogens with one attached hydrogen (secondary N) is 2. The van der Waals surface area contributed by atoms with Gasteiger partial charge in [-0.05, 0) is 32.8 Å². The Morgan fingerprint density at radius 3 is 2.62 bits per heavy atom. The number of hydrogen-bond donors (Lipinski definition) is 2. The Balaban J connectivity index is 0.00000338. The van der Waals surface area contributed by atoms with Gasteiger partial charge in [-0.15, -0.1) is 24.0 Å². The quantitative estimate of drug-likeness (QED) is 0.362. The van der Waals surface area contributed by atoms with Crippen LogP contribution in [0, 0.1) is 5.92 Å². The SMILES string of the molecule is CN=C(NCC(C)(C)NC(C)c1ccccc1)N(C)CC1CCOC1.I. The molecule has 0 saturated carbocycles. The van der Waals surface area contributed by atoms with Gasteiger partial charge in [0.1, 0.15) is 0 Å². The molecule has 0 aliphatic carbocycles. The number of benzene rings is 1. The van der Waals surface area contributed by atoms with E-state index in [1.807, 2.05) is 7.05 Å². The number of guanidine groups is 1. The van der Waals surface area contributed by atoms with E-state index in [4.69, 9.17) is 4.74 Å². The number of nitrogens with zero attached hydrogens (tertiary/aromatic N) is 2. The molecule has 2 rings (SSSR count). The Labute approximate surface area is 176 Å². The normalized spacial score (nSPS) is 19.0. The van der Waals surface area contributed by atoms with Crippen LogP contribution in [0.15, 0.2) is 35.3 Å². The van der Waals surface area contributed by atoms with Crippen molar-refractivity contribution in [1.29, 1.82) is 0 Å². The Kier molecular flexibility index (Phi) is 9.89. The molecule has 1 fully saturated rings. The minimum absolute atomic E-state index is 0. The summed E-state index contributed by atoms with van der Waals surface area (Å²) < 4.78 is 5.47. The molecule has 1 aliphatic rings. The maximum atomic E-state index is 5.47. The van der Waals surface area contributed by atoms with Gasteiger partial charge in [0.15, 0.2) is 5.96 Å². The first-order chi connectivity index (χ1) is 11.9. The van der Waals surface area contributed by atoms with Gasteiger partial charge in [-0.1, -0.05) is 30.3 Å². The molecule has 148 valence electrons. The highest BCUT2D eigenvalue weighted by Gasteiger charge is 2.23. The third-order valence-corrected chi connectivity index (χ3v) is 4.72. The summed E-state index contributed by atoms with van der Waals surface area (Å²) in [6, 6.07) is 10.9. The lowest BCUT2D eigenvalue weighted by molar-refractivity contribution is 0.181. The first-order valence-electron chi connectivity index (χ1n) is 9.23. The molecule has 2 N–H and O–H groups in total. The smallest absolute Gasteiger partial charge is 0.193 e. The van der Waals surface area contributed by atoms with Gasteiger partial charge in [0.2, 0.25) is 0 Å². The van der Waals surface area contributed by atoms with Crippen LogP contribution in [0.25, 0.3) is 0 Å². The summed E-state index contributed by atoms with van der Waals surface area (Å²) in [6.07, 6.45) is 1.14. The number of rotatable bonds is 7. The molecule has 1 heterocycles. The van der Waals surface area contributed by atoms with Crippen LogP contribution in [0.3, 0.4) is 0 Å². The zero-order valence-corrected chi connectivity index (χ0v) is 19.1. The van der Waals surface area contributed by atoms with Crippen molar-refractivity contribution in [3.8, 4) is 0 Å². The van der Waals surface area contributed by atoms with Crippen molar-refractivity contribution in [1.82, 2.24) is 15.5 Å². The highest BCUT2D eigenvalue weighted by Crippen LogP contribution is 2.16. The summed E-state index contributed by atoms with van der Waals surface area (Å²) in [5, 5.41) is 7.22. The molecular weight excluding hydrogens is 439 g/mol. The minimum Gasteiger partial charge on any atom is -0.381 e. The van der Waals surface area contributed by atoms with Crippen LogP contribution < -0.4 is 10.6 Å². The van der Waals surface area contributed by atoms with E-state index in [-0.39, 0.29) is 29.5 Å². The highest BCUT2D eigenvalue weighted by atomic mass is 127. The van der Waals surface area contributed by atoms with E-state index in [9.17, 15) is 0 Å². The van der Waals surface area contributed by atoms with Crippen LogP contribution in [-0.2, 0) is 4.74 Å². The van der Waals surface area contributed by atoms with Crippen molar-refractivity contribution < 1.29 is 4.74 Å². The van der Waals surface area contributed by atoms with Crippen molar-refractivity contribution in [2.24, 2.45) is 10.9 Å². The summed E-state index contributed by atoms with van der Waals surface area (Å²) in [5.74, 6) is 1.54. The maximum absolute atomic E-state index is 5.47. The number of aliphatic imine (C=N–C) groups is 1. The molecule has 1 aromatic rings. The van der Waals surface area contributed by atoms with Gasteiger partial charge < -0.3 is 20.3 Å². The first kappa shape index (κ1) is 23.2. The van der Waals surface area contributed by atoms with Crippen molar-refractivity contribution in [2.45, 2.75) is 38.8 Å². The van der Waals surface area contributed by atoms with Crippen molar-refractivity contribution >= 4 is 29.9 Å². The number of hydrogen-bond acceptors (Lipinski definition) is 3. The Morgan fingerprint density at radius 2 is 2.04 bits per heavy atom.